The van der Waals surface area contributed by atoms with Crippen LogP contribution in [-0.4, -0.2) is 78.4 Å². The molecular formula is C19H27N5O4S+2. The lowest BCUT2D eigenvalue weighted by Gasteiger charge is -2.34. The standard InChI is InChI=1S/C19H25N5O4S/c1-27-14-4-3-13(11-15(14)28-2)16(23-7-5-22(6-8-23)9-10-25)17-18(26)24-19(29-17)20-12-21-24/h3-4,11-12,16,25-26H,5-10H2,1-2H3/p+2/t16-/m1/s1. The summed E-state index contributed by atoms with van der Waals surface area (Å²) < 4.78 is 12.4. The van der Waals surface area contributed by atoms with Crippen molar-refractivity contribution < 1.29 is 29.5 Å². The van der Waals surface area contributed by atoms with Gasteiger partial charge in [-0.3, -0.25) is 0 Å². The Bertz CT molecular complexity index is 967. The second-order valence-electron chi connectivity index (χ2n) is 7.17. The van der Waals surface area contributed by atoms with Crippen LogP contribution in [0.5, 0.6) is 17.4 Å². The quantitative estimate of drug-likeness (QED) is 0.366. The van der Waals surface area contributed by atoms with E-state index in [1.165, 1.54) is 32.0 Å². The van der Waals surface area contributed by atoms with Crippen molar-refractivity contribution in [2.75, 3.05) is 53.6 Å². The van der Waals surface area contributed by atoms with Gasteiger partial charge in [-0.15, -0.1) is 0 Å². The molecule has 0 saturated carbocycles. The number of benzene rings is 1. The Morgan fingerprint density at radius 1 is 1.17 bits per heavy atom. The Balaban J connectivity index is 1.73. The molecule has 1 aliphatic rings. The van der Waals surface area contributed by atoms with E-state index in [1.807, 2.05) is 18.2 Å². The molecule has 1 fully saturated rings. The lowest BCUT2D eigenvalue weighted by molar-refractivity contribution is -1.02. The van der Waals surface area contributed by atoms with Crippen LogP contribution in [0.4, 0.5) is 0 Å². The third-order valence-electron chi connectivity index (χ3n) is 5.61. The van der Waals surface area contributed by atoms with Crippen LogP contribution >= 0.6 is 11.3 Å². The number of quaternary nitrogens is 2. The molecule has 0 unspecified atom stereocenters. The molecule has 0 spiro atoms. The fraction of sp³-hybridized carbons (Fsp3) is 0.474. The van der Waals surface area contributed by atoms with Crippen LogP contribution in [0, 0.1) is 0 Å². The van der Waals surface area contributed by atoms with Crippen LogP contribution in [0.15, 0.2) is 24.5 Å². The number of ether oxygens (including phenoxy) is 2. The first-order valence-corrected chi connectivity index (χ1v) is 10.5. The molecule has 156 valence electrons. The van der Waals surface area contributed by atoms with Gasteiger partial charge in [-0.1, -0.05) is 11.3 Å². The maximum absolute atomic E-state index is 10.9. The average Bonchev–Trinajstić information content (AvgIpc) is 3.33. The molecule has 0 amide bonds. The van der Waals surface area contributed by atoms with Crippen LogP contribution in [0.1, 0.15) is 16.5 Å². The molecule has 0 aliphatic carbocycles. The maximum Gasteiger partial charge on any atom is 0.235 e. The van der Waals surface area contributed by atoms with E-state index in [0.717, 1.165) is 43.2 Å². The average molecular weight is 422 g/mol. The van der Waals surface area contributed by atoms with Gasteiger partial charge in [0.25, 0.3) is 0 Å². The Morgan fingerprint density at radius 2 is 1.93 bits per heavy atom. The van der Waals surface area contributed by atoms with Gasteiger partial charge >= 0.3 is 0 Å². The van der Waals surface area contributed by atoms with E-state index in [4.69, 9.17) is 9.47 Å². The first-order valence-electron chi connectivity index (χ1n) is 9.68. The molecule has 3 aromatic rings. The van der Waals surface area contributed by atoms with Crippen molar-refractivity contribution in [1.29, 1.82) is 0 Å². The predicted octanol–water partition coefficient (Wildman–Crippen LogP) is -1.62. The number of fused-ring (bicyclic) bond motifs is 1. The predicted molar refractivity (Wildman–Crippen MR) is 107 cm³/mol. The summed E-state index contributed by atoms with van der Waals surface area (Å²) in [5.41, 5.74) is 1.04. The number of rotatable bonds is 7. The number of aromatic nitrogens is 3. The van der Waals surface area contributed by atoms with Crippen molar-refractivity contribution in [3.63, 3.8) is 0 Å². The highest BCUT2D eigenvalue weighted by Crippen LogP contribution is 2.37. The minimum atomic E-state index is -0.0704. The minimum absolute atomic E-state index is 0.0704. The topological polar surface area (TPSA) is 98.0 Å². The van der Waals surface area contributed by atoms with E-state index < -0.39 is 0 Å². The Kier molecular flexibility index (Phi) is 5.86. The number of piperazine rings is 1. The van der Waals surface area contributed by atoms with E-state index in [1.54, 1.807) is 14.2 Å². The number of nitrogens with one attached hydrogen (secondary N) is 2. The smallest absolute Gasteiger partial charge is 0.235 e. The summed E-state index contributed by atoms with van der Waals surface area (Å²) >= 11 is 1.46. The highest BCUT2D eigenvalue weighted by Gasteiger charge is 2.36. The highest BCUT2D eigenvalue weighted by molar-refractivity contribution is 7.17. The van der Waals surface area contributed by atoms with Gasteiger partial charge in [0.05, 0.1) is 20.8 Å². The molecule has 0 bridgehead atoms. The fourth-order valence-electron chi connectivity index (χ4n) is 4.11. The molecule has 10 heteroatoms. The van der Waals surface area contributed by atoms with E-state index >= 15 is 0 Å². The molecule has 2 aromatic heterocycles. The lowest BCUT2D eigenvalue weighted by Crippen LogP contribution is -3.28. The molecular weight excluding hydrogens is 394 g/mol. The van der Waals surface area contributed by atoms with Crippen molar-refractivity contribution in [3.8, 4) is 17.4 Å². The van der Waals surface area contributed by atoms with Crippen molar-refractivity contribution in [1.82, 2.24) is 14.6 Å². The summed E-state index contributed by atoms with van der Waals surface area (Å²) in [6, 6.07) is 5.85. The van der Waals surface area contributed by atoms with Gasteiger partial charge in [-0.2, -0.15) is 9.61 Å². The van der Waals surface area contributed by atoms with Gasteiger partial charge in [0.15, 0.2) is 17.5 Å². The summed E-state index contributed by atoms with van der Waals surface area (Å²) in [5.74, 6) is 1.48. The third kappa shape index (κ3) is 3.76. The molecule has 9 nitrogen and oxygen atoms in total. The van der Waals surface area contributed by atoms with Crippen molar-refractivity contribution in [2.45, 2.75) is 6.04 Å². The van der Waals surface area contributed by atoms with Gasteiger partial charge in [-0.05, 0) is 18.2 Å². The molecule has 3 heterocycles. The van der Waals surface area contributed by atoms with Gasteiger partial charge in [-0.25, -0.2) is 4.98 Å². The molecule has 1 aromatic carbocycles. The second kappa shape index (κ2) is 8.54. The van der Waals surface area contributed by atoms with Crippen LogP contribution in [-0.2, 0) is 0 Å². The largest absolute Gasteiger partial charge is 0.493 e. The van der Waals surface area contributed by atoms with E-state index in [9.17, 15) is 10.2 Å². The first kappa shape index (κ1) is 19.9. The summed E-state index contributed by atoms with van der Waals surface area (Å²) in [6.45, 7) is 4.79. The number of aliphatic hydroxyl groups is 1. The lowest BCUT2D eigenvalue weighted by atomic mass is 10.0. The normalized spacial score (nSPS) is 20.7. The maximum atomic E-state index is 10.9. The summed E-state index contributed by atoms with van der Waals surface area (Å²) in [7, 11) is 3.25. The Labute approximate surface area is 172 Å². The van der Waals surface area contributed by atoms with Crippen LogP contribution in [0.2, 0.25) is 0 Å². The third-order valence-corrected chi connectivity index (χ3v) is 6.71. The number of aromatic hydroxyl groups is 1. The number of aliphatic hydroxyl groups excluding tert-OH is 1. The fourth-order valence-corrected chi connectivity index (χ4v) is 5.22. The minimum Gasteiger partial charge on any atom is -0.493 e. The SMILES string of the molecule is COc1ccc([C@H](c2sc3ncnn3c2O)[NH+]2CC[NH+](CCO)CC2)cc1OC. The molecule has 1 aliphatic heterocycles. The molecule has 29 heavy (non-hydrogen) atoms. The van der Waals surface area contributed by atoms with Gasteiger partial charge in [0.2, 0.25) is 10.8 Å². The van der Waals surface area contributed by atoms with E-state index in [2.05, 4.69) is 10.1 Å². The van der Waals surface area contributed by atoms with Crippen molar-refractivity contribution in [2.24, 2.45) is 0 Å². The monoisotopic (exact) mass is 421 g/mol. The Morgan fingerprint density at radius 3 is 2.59 bits per heavy atom. The van der Waals surface area contributed by atoms with Crippen molar-refractivity contribution in [3.05, 3.63) is 35.0 Å². The first-order chi connectivity index (χ1) is 14.2. The van der Waals surface area contributed by atoms with E-state index in [0.29, 0.717) is 16.5 Å². The zero-order valence-corrected chi connectivity index (χ0v) is 17.4. The molecule has 1 atom stereocenters. The summed E-state index contributed by atoms with van der Waals surface area (Å²) in [4.78, 5) is 8.53. The van der Waals surface area contributed by atoms with E-state index in [-0.39, 0.29) is 18.5 Å². The number of hydrogen-bond acceptors (Lipinski definition) is 7. The van der Waals surface area contributed by atoms with Gasteiger partial charge in [0.1, 0.15) is 43.9 Å². The second-order valence-corrected chi connectivity index (χ2v) is 8.18. The molecule has 4 rings (SSSR count). The van der Waals surface area contributed by atoms with Crippen LogP contribution < -0.4 is 19.3 Å². The molecule has 1 saturated heterocycles. The molecule has 4 N–H and O–H groups in total. The van der Waals surface area contributed by atoms with Crippen LogP contribution in [0.25, 0.3) is 4.96 Å². The molecule has 0 radical (unpaired) electrons. The summed E-state index contributed by atoms with van der Waals surface area (Å²) in [6.07, 6.45) is 1.45. The zero-order valence-electron chi connectivity index (χ0n) is 16.6. The number of thiazole rings is 1. The number of nitrogens with zero attached hydrogens (tertiary/aromatic N) is 3. The van der Waals surface area contributed by atoms with Gasteiger partial charge < -0.3 is 29.5 Å². The number of methoxy groups -OCH3 is 2. The van der Waals surface area contributed by atoms with Gasteiger partial charge in [0, 0.05) is 5.56 Å². The van der Waals surface area contributed by atoms with Crippen molar-refractivity contribution >= 4 is 16.3 Å². The van der Waals surface area contributed by atoms with Crippen LogP contribution in [0.3, 0.4) is 0 Å². The Hall–Kier alpha value is -2.40. The number of hydrogen-bond donors (Lipinski definition) is 4. The summed E-state index contributed by atoms with van der Waals surface area (Å²) in [5, 5.41) is 24.3. The highest BCUT2D eigenvalue weighted by atomic mass is 32.1. The zero-order chi connectivity index (χ0) is 20.4.